The zero-order valence-electron chi connectivity index (χ0n) is 11.7. The largest absolute Gasteiger partial charge is 0.481 e. The highest BCUT2D eigenvalue weighted by Crippen LogP contribution is 2.17. The summed E-state index contributed by atoms with van der Waals surface area (Å²) < 4.78 is 40.5. The van der Waals surface area contributed by atoms with Crippen LogP contribution in [-0.4, -0.2) is 41.3 Å². The van der Waals surface area contributed by atoms with Crippen LogP contribution in [0.15, 0.2) is 18.2 Å². The second kappa shape index (κ2) is 7.62. The summed E-state index contributed by atoms with van der Waals surface area (Å²) in [6, 6.07) is 3.86. The second-order valence-electron chi connectivity index (χ2n) is 4.68. The number of aromatic nitrogens is 1. The van der Waals surface area contributed by atoms with Crippen molar-refractivity contribution in [3.63, 3.8) is 0 Å². The molecule has 1 aromatic rings. The van der Waals surface area contributed by atoms with Crippen LogP contribution in [0.25, 0.3) is 0 Å². The van der Waals surface area contributed by atoms with Crippen molar-refractivity contribution in [3.05, 3.63) is 23.9 Å². The quantitative estimate of drug-likeness (QED) is 0.800. The Labute approximate surface area is 124 Å². The molecular formula is C13H15F3N2O4. The number of nitrogens with zero attached hydrogens (tertiary/aromatic N) is 1. The van der Waals surface area contributed by atoms with E-state index >= 15 is 0 Å². The third kappa shape index (κ3) is 6.91. The average Bonchev–Trinajstić information content (AvgIpc) is 2.41. The van der Waals surface area contributed by atoms with Crippen molar-refractivity contribution in [1.29, 1.82) is 0 Å². The average molecular weight is 320 g/mol. The number of carbonyl (C=O) groups is 2. The number of hydrogen-bond acceptors (Lipinski definition) is 4. The Morgan fingerprint density at radius 1 is 1.41 bits per heavy atom. The predicted molar refractivity (Wildman–Crippen MR) is 69.5 cm³/mol. The SMILES string of the molecule is CC(CNC(=O)c1cccc(OCC(F)(F)F)n1)CC(=O)O. The smallest absolute Gasteiger partial charge is 0.422 e. The molecule has 0 saturated carbocycles. The number of nitrogens with one attached hydrogen (secondary N) is 1. The highest BCUT2D eigenvalue weighted by atomic mass is 19.4. The molecule has 1 rings (SSSR count). The number of amides is 1. The molecule has 0 fully saturated rings. The number of ether oxygens (including phenoxy) is 1. The Balaban J connectivity index is 2.57. The molecule has 0 aliphatic heterocycles. The minimum Gasteiger partial charge on any atom is -0.481 e. The summed E-state index contributed by atoms with van der Waals surface area (Å²) in [5.41, 5.74) is -0.109. The number of aliphatic carboxylic acids is 1. The second-order valence-corrected chi connectivity index (χ2v) is 4.68. The maximum atomic E-state index is 12.0. The lowest BCUT2D eigenvalue weighted by atomic mass is 10.1. The van der Waals surface area contributed by atoms with Gasteiger partial charge in [0, 0.05) is 19.0 Å². The van der Waals surface area contributed by atoms with E-state index in [1.54, 1.807) is 6.92 Å². The van der Waals surface area contributed by atoms with Crippen molar-refractivity contribution >= 4 is 11.9 Å². The number of alkyl halides is 3. The Bertz CT molecular complexity index is 534. The summed E-state index contributed by atoms with van der Waals surface area (Å²) in [6.45, 7) is 0.256. The molecule has 1 aromatic heterocycles. The van der Waals surface area contributed by atoms with E-state index in [-0.39, 0.29) is 30.5 Å². The molecule has 1 heterocycles. The molecule has 0 bridgehead atoms. The van der Waals surface area contributed by atoms with E-state index in [1.807, 2.05) is 0 Å². The molecule has 0 spiro atoms. The lowest BCUT2D eigenvalue weighted by Crippen LogP contribution is -2.30. The van der Waals surface area contributed by atoms with Gasteiger partial charge in [-0.3, -0.25) is 9.59 Å². The molecule has 0 aromatic carbocycles. The van der Waals surface area contributed by atoms with Crippen LogP contribution < -0.4 is 10.1 Å². The highest BCUT2D eigenvalue weighted by Gasteiger charge is 2.28. The van der Waals surface area contributed by atoms with Gasteiger partial charge in [-0.05, 0) is 12.0 Å². The van der Waals surface area contributed by atoms with Gasteiger partial charge in [-0.25, -0.2) is 4.98 Å². The third-order valence-electron chi connectivity index (χ3n) is 2.47. The van der Waals surface area contributed by atoms with Gasteiger partial charge in [0.05, 0.1) is 0 Å². The van der Waals surface area contributed by atoms with Crippen LogP contribution in [0, 0.1) is 5.92 Å². The first kappa shape index (κ1) is 17.7. The van der Waals surface area contributed by atoms with Gasteiger partial charge in [-0.15, -0.1) is 0 Å². The van der Waals surface area contributed by atoms with Crippen molar-refractivity contribution in [1.82, 2.24) is 10.3 Å². The van der Waals surface area contributed by atoms with Gasteiger partial charge in [0.2, 0.25) is 5.88 Å². The first-order chi connectivity index (χ1) is 10.2. The van der Waals surface area contributed by atoms with E-state index < -0.39 is 24.7 Å². The number of carbonyl (C=O) groups excluding carboxylic acids is 1. The number of carboxylic acid groups (broad SMARTS) is 1. The maximum Gasteiger partial charge on any atom is 0.422 e. The predicted octanol–water partition coefficient (Wildman–Crippen LogP) is 1.86. The molecule has 0 saturated heterocycles. The number of rotatable bonds is 7. The fourth-order valence-corrected chi connectivity index (χ4v) is 1.51. The molecule has 9 heteroatoms. The van der Waals surface area contributed by atoms with Gasteiger partial charge in [-0.1, -0.05) is 13.0 Å². The van der Waals surface area contributed by atoms with Gasteiger partial charge < -0.3 is 15.2 Å². The third-order valence-corrected chi connectivity index (χ3v) is 2.47. The van der Waals surface area contributed by atoms with Crippen LogP contribution in [0.1, 0.15) is 23.8 Å². The van der Waals surface area contributed by atoms with Gasteiger partial charge in [0.1, 0.15) is 5.69 Å². The van der Waals surface area contributed by atoms with Gasteiger partial charge in [0.15, 0.2) is 6.61 Å². The normalized spacial score (nSPS) is 12.5. The number of halogens is 3. The van der Waals surface area contributed by atoms with Crippen LogP contribution in [0.5, 0.6) is 5.88 Å². The Morgan fingerprint density at radius 3 is 2.68 bits per heavy atom. The zero-order valence-corrected chi connectivity index (χ0v) is 11.7. The van der Waals surface area contributed by atoms with E-state index in [2.05, 4.69) is 15.0 Å². The van der Waals surface area contributed by atoms with Crippen LogP contribution in [-0.2, 0) is 4.79 Å². The van der Waals surface area contributed by atoms with E-state index in [1.165, 1.54) is 18.2 Å². The molecular weight excluding hydrogens is 305 g/mol. The molecule has 0 aliphatic rings. The Morgan fingerprint density at radius 2 is 2.09 bits per heavy atom. The zero-order chi connectivity index (χ0) is 16.8. The maximum absolute atomic E-state index is 12.0. The topological polar surface area (TPSA) is 88.5 Å². The summed E-state index contributed by atoms with van der Waals surface area (Å²) in [5.74, 6) is -2.20. The van der Waals surface area contributed by atoms with Crippen LogP contribution in [0.4, 0.5) is 13.2 Å². The van der Waals surface area contributed by atoms with E-state index in [4.69, 9.17) is 5.11 Å². The number of hydrogen-bond donors (Lipinski definition) is 2. The van der Waals surface area contributed by atoms with E-state index in [0.717, 1.165) is 0 Å². The summed E-state index contributed by atoms with van der Waals surface area (Å²) in [7, 11) is 0. The van der Waals surface area contributed by atoms with E-state index in [0.29, 0.717) is 0 Å². The first-order valence-electron chi connectivity index (χ1n) is 6.34. The Kier molecular flexibility index (Phi) is 6.14. The van der Waals surface area contributed by atoms with Crippen molar-refractivity contribution in [2.24, 2.45) is 5.92 Å². The summed E-state index contributed by atoms with van der Waals surface area (Å²) >= 11 is 0. The monoisotopic (exact) mass is 320 g/mol. The molecule has 6 nitrogen and oxygen atoms in total. The molecule has 1 unspecified atom stereocenters. The van der Waals surface area contributed by atoms with Crippen LogP contribution in [0.2, 0.25) is 0 Å². The standard InChI is InChI=1S/C13H15F3N2O4/c1-8(5-11(19)20)6-17-12(21)9-3-2-4-10(18-9)22-7-13(14,15)16/h2-4,8H,5-7H2,1H3,(H,17,21)(H,19,20). The lowest BCUT2D eigenvalue weighted by Gasteiger charge is -2.11. The van der Waals surface area contributed by atoms with Gasteiger partial charge in [-0.2, -0.15) is 13.2 Å². The first-order valence-corrected chi connectivity index (χ1v) is 6.34. The molecule has 0 radical (unpaired) electrons. The Hall–Kier alpha value is -2.32. The van der Waals surface area contributed by atoms with E-state index in [9.17, 15) is 22.8 Å². The fourth-order valence-electron chi connectivity index (χ4n) is 1.51. The lowest BCUT2D eigenvalue weighted by molar-refractivity contribution is -0.154. The van der Waals surface area contributed by atoms with Crippen LogP contribution >= 0.6 is 0 Å². The van der Waals surface area contributed by atoms with Gasteiger partial charge in [0.25, 0.3) is 5.91 Å². The minimum atomic E-state index is -4.49. The van der Waals surface area contributed by atoms with Crippen molar-refractivity contribution < 1.29 is 32.6 Å². The fraction of sp³-hybridized carbons (Fsp3) is 0.462. The molecule has 1 amide bonds. The molecule has 122 valence electrons. The van der Waals surface area contributed by atoms with Gasteiger partial charge >= 0.3 is 12.1 Å². The summed E-state index contributed by atoms with van der Waals surface area (Å²) in [6.07, 6.45) is -4.60. The summed E-state index contributed by atoms with van der Waals surface area (Å²) in [5, 5.41) is 11.1. The van der Waals surface area contributed by atoms with Crippen molar-refractivity contribution in [2.75, 3.05) is 13.2 Å². The van der Waals surface area contributed by atoms with Crippen molar-refractivity contribution in [2.45, 2.75) is 19.5 Å². The molecule has 0 aliphatic carbocycles. The van der Waals surface area contributed by atoms with Crippen molar-refractivity contribution in [3.8, 4) is 5.88 Å². The highest BCUT2D eigenvalue weighted by molar-refractivity contribution is 5.92. The number of carboxylic acids is 1. The van der Waals surface area contributed by atoms with Crippen LogP contribution in [0.3, 0.4) is 0 Å². The molecule has 2 N–H and O–H groups in total. The molecule has 22 heavy (non-hydrogen) atoms. The summed E-state index contributed by atoms with van der Waals surface area (Å²) in [4.78, 5) is 25.9. The number of pyridine rings is 1. The molecule has 1 atom stereocenters. The minimum absolute atomic E-state index is 0.109.